The molecule has 1 aromatic carbocycles. The molecule has 0 saturated carbocycles. The Balaban J connectivity index is 2.83. The molecule has 0 heterocycles. The van der Waals surface area contributed by atoms with Crippen LogP contribution in [-0.2, 0) is 12.7 Å². The van der Waals surface area contributed by atoms with Crippen LogP contribution in [0.4, 0.5) is 17.6 Å². The highest BCUT2D eigenvalue weighted by atomic mass is 19.4. The van der Waals surface area contributed by atoms with Crippen LogP contribution in [0.25, 0.3) is 0 Å². The van der Waals surface area contributed by atoms with Gasteiger partial charge in [-0.1, -0.05) is 20.8 Å². The quantitative estimate of drug-likeness (QED) is 0.759. The van der Waals surface area contributed by atoms with Gasteiger partial charge in [0, 0.05) is 12.1 Å². The van der Waals surface area contributed by atoms with Crippen LogP contribution in [0.5, 0.6) is 0 Å². The predicted molar refractivity (Wildman–Crippen MR) is 76.4 cm³/mol. The first kappa shape index (κ1) is 18.0. The van der Waals surface area contributed by atoms with Crippen molar-refractivity contribution in [3.63, 3.8) is 0 Å². The second-order valence-electron chi connectivity index (χ2n) is 7.32. The molecular weight excluding hydrogens is 282 g/mol. The van der Waals surface area contributed by atoms with E-state index in [4.69, 9.17) is 0 Å². The van der Waals surface area contributed by atoms with Crippen molar-refractivity contribution in [2.75, 3.05) is 0 Å². The van der Waals surface area contributed by atoms with Gasteiger partial charge in [0.2, 0.25) is 0 Å². The summed E-state index contributed by atoms with van der Waals surface area (Å²) < 4.78 is 51.3. The average molecular weight is 305 g/mol. The van der Waals surface area contributed by atoms with E-state index in [2.05, 4.69) is 26.1 Å². The van der Waals surface area contributed by atoms with Gasteiger partial charge < -0.3 is 5.32 Å². The molecule has 21 heavy (non-hydrogen) atoms. The summed E-state index contributed by atoms with van der Waals surface area (Å²) in [5.74, 6) is -0.866. The smallest absolute Gasteiger partial charge is 0.308 e. The Morgan fingerprint density at radius 2 is 1.52 bits per heavy atom. The minimum atomic E-state index is -4.53. The first-order valence-corrected chi connectivity index (χ1v) is 6.90. The van der Waals surface area contributed by atoms with Crippen LogP contribution in [0.15, 0.2) is 18.2 Å². The highest BCUT2D eigenvalue weighted by Crippen LogP contribution is 2.31. The Hall–Kier alpha value is -1.10. The molecule has 0 radical (unpaired) electrons. The summed E-state index contributed by atoms with van der Waals surface area (Å²) in [6, 6.07) is 2.64. The second-order valence-corrected chi connectivity index (χ2v) is 7.32. The summed E-state index contributed by atoms with van der Waals surface area (Å²) in [4.78, 5) is 0. The Kier molecular flexibility index (Phi) is 5.09. The third kappa shape index (κ3) is 6.46. The van der Waals surface area contributed by atoms with E-state index in [1.165, 1.54) is 0 Å². The van der Waals surface area contributed by atoms with Crippen LogP contribution in [0.2, 0.25) is 0 Å². The van der Waals surface area contributed by atoms with Crippen molar-refractivity contribution >= 4 is 0 Å². The highest BCUT2D eigenvalue weighted by Gasteiger charge is 2.31. The molecule has 1 N–H and O–H groups in total. The third-order valence-electron chi connectivity index (χ3n) is 3.03. The van der Waals surface area contributed by atoms with Gasteiger partial charge in [-0.05, 0) is 49.4 Å². The standard InChI is InChI=1S/C16H23F4N/c1-14(2,3)10-15(4,5)21-9-11-6-12(16(18,19)20)8-13(17)7-11/h6-8,21H,9-10H2,1-5H3. The Morgan fingerprint density at radius 3 is 2.00 bits per heavy atom. The van der Waals surface area contributed by atoms with E-state index >= 15 is 0 Å². The number of halogens is 4. The molecule has 1 rings (SSSR count). The molecule has 0 bridgehead atoms. The van der Waals surface area contributed by atoms with E-state index in [1.54, 1.807) is 0 Å². The lowest BCUT2D eigenvalue weighted by molar-refractivity contribution is -0.137. The van der Waals surface area contributed by atoms with Crippen LogP contribution >= 0.6 is 0 Å². The van der Waals surface area contributed by atoms with Crippen molar-refractivity contribution in [3.05, 3.63) is 35.1 Å². The highest BCUT2D eigenvalue weighted by molar-refractivity contribution is 5.26. The normalized spacial score (nSPS) is 13.6. The number of benzene rings is 1. The zero-order valence-corrected chi connectivity index (χ0v) is 13.2. The van der Waals surface area contributed by atoms with Gasteiger partial charge in [-0.3, -0.25) is 0 Å². The lowest BCUT2D eigenvalue weighted by atomic mass is 9.81. The van der Waals surface area contributed by atoms with Gasteiger partial charge in [-0.2, -0.15) is 13.2 Å². The van der Waals surface area contributed by atoms with E-state index < -0.39 is 17.6 Å². The summed E-state index contributed by atoms with van der Waals surface area (Å²) in [7, 11) is 0. The fraction of sp³-hybridized carbons (Fsp3) is 0.625. The molecule has 0 unspecified atom stereocenters. The minimum absolute atomic E-state index is 0.0928. The first-order valence-electron chi connectivity index (χ1n) is 6.90. The summed E-state index contributed by atoms with van der Waals surface area (Å²) in [5.41, 5.74) is -0.810. The zero-order valence-electron chi connectivity index (χ0n) is 13.2. The molecule has 0 aliphatic heterocycles. The molecule has 0 atom stereocenters. The zero-order chi connectivity index (χ0) is 16.5. The second kappa shape index (κ2) is 5.95. The molecule has 5 heteroatoms. The van der Waals surface area contributed by atoms with E-state index in [0.29, 0.717) is 11.6 Å². The number of hydrogen-bond acceptors (Lipinski definition) is 1. The average Bonchev–Trinajstić information content (AvgIpc) is 2.21. The number of nitrogens with one attached hydrogen (secondary N) is 1. The van der Waals surface area contributed by atoms with Crippen LogP contribution < -0.4 is 5.32 Å². The molecule has 1 nitrogen and oxygen atoms in total. The SMILES string of the molecule is CC(C)(C)CC(C)(C)NCc1cc(F)cc(C(F)(F)F)c1. The topological polar surface area (TPSA) is 12.0 Å². The lowest BCUT2D eigenvalue weighted by Gasteiger charge is -2.33. The lowest BCUT2D eigenvalue weighted by Crippen LogP contribution is -2.41. The molecular formula is C16H23F4N. The van der Waals surface area contributed by atoms with Crippen molar-refractivity contribution < 1.29 is 17.6 Å². The molecule has 0 aromatic heterocycles. The Labute approximate surface area is 123 Å². The summed E-state index contributed by atoms with van der Waals surface area (Å²) in [6.45, 7) is 10.5. The van der Waals surface area contributed by atoms with Crippen LogP contribution in [0.3, 0.4) is 0 Å². The monoisotopic (exact) mass is 305 g/mol. The maximum absolute atomic E-state index is 13.3. The number of alkyl halides is 3. The minimum Gasteiger partial charge on any atom is -0.308 e. The Bertz CT molecular complexity index is 484. The molecule has 0 aliphatic carbocycles. The molecule has 1 aromatic rings. The molecule has 0 amide bonds. The summed E-state index contributed by atoms with van der Waals surface area (Å²) in [6.07, 6.45) is -3.68. The van der Waals surface area contributed by atoms with E-state index in [9.17, 15) is 17.6 Å². The third-order valence-corrected chi connectivity index (χ3v) is 3.03. The molecule has 0 fully saturated rings. The Morgan fingerprint density at radius 1 is 0.952 bits per heavy atom. The van der Waals surface area contributed by atoms with Gasteiger partial charge in [0.05, 0.1) is 5.56 Å². The van der Waals surface area contributed by atoms with E-state index in [0.717, 1.165) is 18.6 Å². The van der Waals surface area contributed by atoms with Crippen molar-refractivity contribution in [2.24, 2.45) is 5.41 Å². The van der Waals surface area contributed by atoms with E-state index in [1.807, 2.05) is 13.8 Å². The maximum Gasteiger partial charge on any atom is 0.416 e. The van der Waals surface area contributed by atoms with Gasteiger partial charge in [-0.15, -0.1) is 0 Å². The van der Waals surface area contributed by atoms with Gasteiger partial charge in [-0.25, -0.2) is 4.39 Å². The van der Waals surface area contributed by atoms with Crippen LogP contribution in [0.1, 0.15) is 52.2 Å². The number of rotatable bonds is 4. The van der Waals surface area contributed by atoms with Crippen molar-refractivity contribution in [3.8, 4) is 0 Å². The van der Waals surface area contributed by atoms with Crippen molar-refractivity contribution in [2.45, 2.75) is 59.3 Å². The van der Waals surface area contributed by atoms with Gasteiger partial charge in [0.15, 0.2) is 0 Å². The molecule has 0 saturated heterocycles. The predicted octanol–water partition coefficient (Wildman–Crippen LogP) is 5.15. The fourth-order valence-electron chi connectivity index (χ4n) is 2.65. The fourth-order valence-corrected chi connectivity index (χ4v) is 2.65. The van der Waals surface area contributed by atoms with Crippen molar-refractivity contribution in [1.82, 2.24) is 5.32 Å². The van der Waals surface area contributed by atoms with Crippen LogP contribution in [0, 0.1) is 11.2 Å². The summed E-state index contributed by atoms with van der Waals surface area (Å²) in [5, 5.41) is 3.20. The maximum atomic E-state index is 13.3. The molecule has 0 aliphatic rings. The van der Waals surface area contributed by atoms with Crippen molar-refractivity contribution in [1.29, 1.82) is 0 Å². The first-order chi connectivity index (χ1) is 9.28. The molecule has 120 valence electrons. The number of hydrogen-bond donors (Lipinski definition) is 1. The van der Waals surface area contributed by atoms with Gasteiger partial charge >= 0.3 is 6.18 Å². The molecule has 0 spiro atoms. The van der Waals surface area contributed by atoms with Gasteiger partial charge in [0.25, 0.3) is 0 Å². The van der Waals surface area contributed by atoms with E-state index in [-0.39, 0.29) is 17.5 Å². The van der Waals surface area contributed by atoms with Crippen LogP contribution in [-0.4, -0.2) is 5.54 Å². The largest absolute Gasteiger partial charge is 0.416 e. The van der Waals surface area contributed by atoms with Gasteiger partial charge in [0.1, 0.15) is 5.82 Å². The summed E-state index contributed by atoms with van der Waals surface area (Å²) >= 11 is 0.